The van der Waals surface area contributed by atoms with E-state index >= 15 is 0 Å². The van der Waals surface area contributed by atoms with Crippen molar-refractivity contribution in [3.05, 3.63) is 269 Å². The maximum absolute atomic E-state index is 10.0. The second-order valence-corrected chi connectivity index (χ2v) is 25.5. The third-order valence-electron chi connectivity index (χ3n) is 10.8. The zero-order chi connectivity index (χ0) is 55.2. The molecule has 18 heteroatoms. The molecule has 0 fully saturated rings. The third kappa shape index (κ3) is 22.9. The van der Waals surface area contributed by atoms with Crippen LogP contribution in [0.15, 0.2) is 231 Å². The van der Waals surface area contributed by atoms with Crippen molar-refractivity contribution < 1.29 is 30.6 Å². The van der Waals surface area contributed by atoms with Gasteiger partial charge in [-0.15, -0.1) is 0 Å². The molecule has 9 aromatic rings. The molecule has 14 nitrogen and oxygen atoms in total. The number of aromatic nitrogens is 2. The minimum absolute atomic E-state index is 0.0259. The fourth-order valence-corrected chi connectivity index (χ4v) is 13.1. The van der Waals surface area contributed by atoms with Gasteiger partial charge < -0.3 is 30.6 Å². The molecular formula is C59H62Cl2N8O6Sn2+4. The number of nitrogens with zero attached hydrogens (tertiary/aromatic N) is 2. The van der Waals surface area contributed by atoms with Crippen molar-refractivity contribution in [2.75, 3.05) is 0 Å². The van der Waals surface area contributed by atoms with Crippen LogP contribution in [0, 0.1) is 0 Å². The molecule has 7 aromatic carbocycles. The van der Waals surface area contributed by atoms with Crippen LogP contribution >= 0.6 is 23.2 Å². The summed E-state index contributed by atoms with van der Waals surface area (Å²) in [5.74, 6) is 4.94. The fraction of sp³-hybridized carbons (Fsp3) is 0.119. The first-order valence-electron chi connectivity index (χ1n) is 24.1. The monoisotopic (exact) mass is 1290 g/mol. The van der Waals surface area contributed by atoms with Crippen molar-refractivity contribution in [2.45, 2.75) is 44.6 Å². The van der Waals surface area contributed by atoms with Crippen LogP contribution < -0.4 is 47.3 Å². The van der Waals surface area contributed by atoms with E-state index in [-0.39, 0.29) is 29.3 Å². The summed E-state index contributed by atoms with van der Waals surface area (Å²) in [7, 11) is 0. The normalized spacial score (nSPS) is 12.2. The van der Waals surface area contributed by atoms with Gasteiger partial charge in [-0.3, -0.25) is 15.8 Å². The summed E-state index contributed by atoms with van der Waals surface area (Å²) >= 11 is 10.6. The number of halogens is 2. The van der Waals surface area contributed by atoms with E-state index in [0.29, 0.717) is 26.7 Å². The van der Waals surface area contributed by atoms with Gasteiger partial charge in [-0.25, -0.2) is 27.1 Å². The molecule has 0 saturated heterocycles. The van der Waals surface area contributed by atoms with Gasteiger partial charge in [0, 0.05) is 39.1 Å². The Morgan fingerprint density at radius 3 is 1.04 bits per heavy atom. The van der Waals surface area contributed by atoms with E-state index in [4.69, 9.17) is 39.3 Å². The second-order valence-electron chi connectivity index (χ2n) is 16.6. The Kier molecular flexibility index (Phi) is 27.9. The van der Waals surface area contributed by atoms with Crippen molar-refractivity contribution in [3.63, 3.8) is 0 Å². The molecule has 392 valence electrons. The molecule has 0 spiro atoms. The van der Waals surface area contributed by atoms with Crippen molar-refractivity contribution >= 4 is 79.8 Å². The number of para-hydroxylation sites is 1. The molecule has 0 radical (unpaired) electrons. The number of aliphatic hydroxyl groups is 3. The van der Waals surface area contributed by atoms with Gasteiger partial charge >= 0.3 is 178 Å². The van der Waals surface area contributed by atoms with Gasteiger partial charge in [-0.05, 0) is 80.6 Å². The van der Waals surface area contributed by atoms with Crippen molar-refractivity contribution in [3.8, 4) is 17.2 Å². The first kappa shape index (κ1) is 61.9. The predicted molar refractivity (Wildman–Crippen MR) is 310 cm³/mol. The average molecular weight is 1290 g/mol. The van der Waals surface area contributed by atoms with Crippen molar-refractivity contribution in [1.29, 1.82) is 0 Å². The molecule has 9 rings (SSSR count). The number of pyridine rings is 2. The van der Waals surface area contributed by atoms with Gasteiger partial charge in [0.15, 0.2) is 0 Å². The van der Waals surface area contributed by atoms with Gasteiger partial charge in [-0.2, -0.15) is 0 Å². The molecule has 0 bridgehead atoms. The van der Waals surface area contributed by atoms with E-state index < -0.39 is 61.0 Å². The van der Waals surface area contributed by atoms with Gasteiger partial charge in [-0.1, -0.05) is 53.5 Å². The van der Waals surface area contributed by atoms with Crippen LogP contribution in [0.5, 0.6) is 17.2 Å². The fourth-order valence-electron chi connectivity index (χ4n) is 6.69. The van der Waals surface area contributed by atoms with Gasteiger partial charge in [0.2, 0.25) is 0 Å². The van der Waals surface area contributed by atoms with Crippen LogP contribution in [-0.4, -0.2) is 82.9 Å². The Labute approximate surface area is 480 Å². The molecule has 13 N–H and O–H groups in total. The molecule has 0 aliphatic rings. The summed E-state index contributed by atoms with van der Waals surface area (Å²) in [4.78, 5) is 8.41. The van der Waals surface area contributed by atoms with E-state index in [1.807, 2.05) is 50.2 Å². The molecule has 5 unspecified atom stereocenters. The van der Waals surface area contributed by atoms with Crippen LogP contribution in [0.4, 0.5) is 0 Å². The Balaban J connectivity index is 0.000000181. The van der Waals surface area contributed by atoms with Crippen LogP contribution in [0.3, 0.4) is 0 Å². The zero-order valence-corrected chi connectivity index (χ0v) is 49.5. The van der Waals surface area contributed by atoms with Crippen LogP contribution in [0.1, 0.15) is 72.7 Å². The minimum atomic E-state index is -1.08. The van der Waals surface area contributed by atoms with E-state index in [1.165, 1.54) is 44.6 Å². The molecule has 5 atom stereocenters. The van der Waals surface area contributed by atoms with Gasteiger partial charge in [0.1, 0.15) is 35.9 Å². The summed E-state index contributed by atoms with van der Waals surface area (Å²) in [5.41, 5.74) is 16.0. The number of rotatable bonds is 16. The number of phenolic OH excluding ortho intramolecular Hbond substituents is 3. The van der Waals surface area contributed by atoms with E-state index in [1.54, 1.807) is 42.7 Å². The molecule has 2 aromatic heterocycles. The van der Waals surface area contributed by atoms with E-state index in [0.717, 1.165) is 11.4 Å². The van der Waals surface area contributed by atoms with Gasteiger partial charge in [0.25, 0.3) is 0 Å². The molecule has 77 heavy (non-hydrogen) atoms. The zero-order valence-electron chi connectivity index (χ0n) is 42.2. The topological polar surface area (TPSA) is 233 Å². The Morgan fingerprint density at radius 2 is 0.714 bits per heavy atom. The first-order valence-corrected chi connectivity index (χ1v) is 30.6. The van der Waals surface area contributed by atoms with Crippen LogP contribution in [0.2, 0.25) is 10.0 Å². The summed E-state index contributed by atoms with van der Waals surface area (Å²) in [6.07, 6.45) is 0.218. The van der Waals surface area contributed by atoms with Crippen molar-refractivity contribution in [1.82, 2.24) is 37.1 Å². The van der Waals surface area contributed by atoms with Crippen LogP contribution in [-0.2, 0) is 0 Å². The average Bonchev–Trinajstić information content (AvgIpc) is 3.47. The number of hydrogen-bond acceptors (Lipinski definition) is 14. The molecule has 0 amide bonds. The number of aromatic hydroxyl groups is 3. The van der Waals surface area contributed by atoms with Crippen molar-refractivity contribution in [2.24, 2.45) is 5.84 Å². The number of hydrogen-bond donors (Lipinski definition) is 12. The Bertz CT molecular complexity index is 2780. The Hall–Kier alpha value is -5.94. The number of nitrogens with one attached hydrogen (secondary N) is 5. The summed E-state index contributed by atoms with van der Waals surface area (Å²) in [6, 6.07) is 69.6. The molecule has 2 heterocycles. The number of phenols is 3. The quantitative estimate of drug-likeness (QED) is 0.0200. The summed E-state index contributed by atoms with van der Waals surface area (Å²) < 4.78 is 6.16. The molecule has 0 aliphatic carbocycles. The standard InChI is InChI=1S/2C14H16ClN3O2.C7H10N2O2.4C6H5.2Sn/c2*1-9(12-4-2-3-7-16-12)17-18-14(20)11-8-10(15)5-6-13(11)19;8-9-7(11)5-3-1-2-4-6(5)10;4*1-2-4-6-5-3-1;;/h2*2-9,14,17-20H,1H3;1-4,7,9-11H,8H2;4*1-5H;;/q;;;;;;;2*+2. The van der Waals surface area contributed by atoms with E-state index in [2.05, 4.69) is 158 Å². The maximum atomic E-state index is 10.0. The number of benzene rings is 7. The van der Waals surface area contributed by atoms with Gasteiger partial charge in [0.05, 0.1) is 23.5 Å². The first-order chi connectivity index (χ1) is 37.3. The number of nitrogens with two attached hydrogens (primary N) is 1. The summed E-state index contributed by atoms with van der Waals surface area (Å²) in [6.45, 7) is 3.81. The van der Waals surface area contributed by atoms with Crippen LogP contribution in [0.25, 0.3) is 0 Å². The summed E-state index contributed by atoms with van der Waals surface area (Å²) in [5, 5.41) is 58.5. The number of aliphatic hydroxyl groups excluding tert-OH is 3. The molecule has 0 aliphatic heterocycles. The molecular weight excluding hydrogens is 1230 g/mol. The SMILES string of the molecule is CC(NNC(O)c1cc(Cl)ccc1O)c1ccccn1.CC(NNC(O)c1cc(Cl)ccc1O)c1ccccn1.NNC(O)c1ccccc1O.c1cc[c]([Sn+2][c]2ccccc2)cc1.c1cc[c]([Sn+2][c]2ccccc2)cc1. The second kappa shape index (κ2) is 34.7. The Morgan fingerprint density at radius 1 is 0.390 bits per heavy atom. The molecule has 0 saturated carbocycles. The van der Waals surface area contributed by atoms with E-state index in [9.17, 15) is 20.4 Å². The number of hydrazine groups is 3. The third-order valence-corrected chi connectivity index (χ3v) is 18.3. The predicted octanol–water partition coefficient (Wildman–Crippen LogP) is 7.10.